The van der Waals surface area contributed by atoms with Gasteiger partial charge in [-0.25, -0.2) is 0 Å². The fourth-order valence-corrected chi connectivity index (χ4v) is 2.37. The standard InChI is InChI=1S/C10H20N2O2S/c1-10(2,9(11)12-13)4-3-5-15-8-6-14-7-8/h8,13H,3-7H2,1-2H3,(H2,11,12). The van der Waals surface area contributed by atoms with Crippen molar-refractivity contribution in [1.82, 2.24) is 0 Å². The van der Waals surface area contributed by atoms with Crippen LogP contribution in [0, 0.1) is 5.41 Å². The third-order valence-corrected chi connectivity index (χ3v) is 3.98. The lowest BCUT2D eigenvalue weighted by Gasteiger charge is -2.26. The first-order valence-corrected chi connectivity index (χ1v) is 6.28. The molecule has 1 heterocycles. The van der Waals surface area contributed by atoms with Crippen LogP contribution in [0.4, 0.5) is 0 Å². The van der Waals surface area contributed by atoms with Gasteiger partial charge in [-0.3, -0.25) is 0 Å². The van der Waals surface area contributed by atoms with Gasteiger partial charge in [-0.15, -0.1) is 0 Å². The van der Waals surface area contributed by atoms with Gasteiger partial charge in [0, 0.05) is 5.41 Å². The molecule has 15 heavy (non-hydrogen) atoms. The number of amidine groups is 1. The molecule has 5 heteroatoms. The molecule has 1 rings (SSSR count). The van der Waals surface area contributed by atoms with Gasteiger partial charge in [-0.05, 0) is 18.6 Å². The van der Waals surface area contributed by atoms with Crippen LogP contribution in [-0.2, 0) is 4.74 Å². The van der Waals surface area contributed by atoms with Crippen LogP contribution in [0.2, 0.25) is 0 Å². The van der Waals surface area contributed by atoms with Gasteiger partial charge in [0.2, 0.25) is 0 Å². The van der Waals surface area contributed by atoms with Gasteiger partial charge in [0.05, 0.1) is 18.5 Å². The van der Waals surface area contributed by atoms with E-state index in [4.69, 9.17) is 15.7 Å². The molecule has 0 spiro atoms. The highest BCUT2D eigenvalue weighted by atomic mass is 32.2. The van der Waals surface area contributed by atoms with Gasteiger partial charge in [0.25, 0.3) is 0 Å². The number of hydrogen-bond donors (Lipinski definition) is 2. The lowest BCUT2D eigenvalue weighted by Crippen LogP contribution is -2.32. The minimum absolute atomic E-state index is 0.203. The molecule has 0 unspecified atom stereocenters. The molecule has 1 aliphatic rings. The molecule has 0 aromatic carbocycles. The van der Waals surface area contributed by atoms with Crippen molar-refractivity contribution in [2.75, 3.05) is 19.0 Å². The van der Waals surface area contributed by atoms with Crippen molar-refractivity contribution in [2.24, 2.45) is 16.3 Å². The van der Waals surface area contributed by atoms with Crippen molar-refractivity contribution in [2.45, 2.75) is 31.9 Å². The van der Waals surface area contributed by atoms with Gasteiger partial charge in [-0.1, -0.05) is 19.0 Å². The average molecular weight is 232 g/mol. The fourth-order valence-electron chi connectivity index (χ4n) is 1.34. The van der Waals surface area contributed by atoms with E-state index in [2.05, 4.69) is 5.16 Å². The molecule has 1 saturated heterocycles. The van der Waals surface area contributed by atoms with Crippen molar-refractivity contribution >= 4 is 17.6 Å². The Balaban J connectivity index is 2.12. The Labute approximate surface area is 95.2 Å². The van der Waals surface area contributed by atoms with E-state index in [0.29, 0.717) is 11.1 Å². The zero-order chi connectivity index (χ0) is 11.3. The number of thioether (sulfide) groups is 1. The fraction of sp³-hybridized carbons (Fsp3) is 0.900. The van der Waals surface area contributed by atoms with E-state index in [-0.39, 0.29) is 5.41 Å². The van der Waals surface area contributed by atoms with Crippen LogP contribution in [0.5, 0.6) is 0 Å². The molecule has 0 aliphatic carbocycles. The van der Waals surface area contributed by atoms with Gasteiger partial charge in [-0.2, -0.15) is 11.8 Å². The van der Waals surface area contributed by atoms with Crippen molar-refractivity contribution in [3.63, 3.8) is 0 Å². The summed E-state index contributed by atoms with van der Waals surface area (Å²) in [4.78, 5) is 0. The Morgan fingerprint density at radius 1 is 1.60 bits per heavy atom. The Hall–Kier alpha value is -0.420. The van der Waals surface area contributed by atoms with Crippen molar-refractivity contribution in [3.8, 4) is 0 Å². The molecule has 88 valence electrons. The monoisotopic (exact) mass is 232 g/mol. The summed E-state index contributed by atoms with van der Waals surface area (Å²) in [6.45, 7) is 5.79. The lowest BCUT2D eigenvalue weighted by molar-refractivity contribution is 0.0455. The molecule has 0 atom stereocenters. The Morgan fingerprint density at radius 2 is 2.27 bits per heavy atom. The Bertz CT molecular complexity index is 227. The molecule has 0 aromatic heterocycles. The molecule has 0 aromatic rings. The highest BCUT2D eigenvalue weighted by molar-refractivity contribution is 8.00. The van der Waals surface area contributed by atoms with Crippen molar-refractivity contribution in [1.29, 1.82) is 0 Å². The Morgan fingerprint density at radius 3 is 2.73 bits per heavy atom. The normalized spacial score (nSPS) is 18.9. The first-order chi connectivity index (χ1) is 7.06. The summed E-state index contributed by atoms with van der Waals surface area (Å²) < 4.78 is 5.10. The van der Waals surface area contributed by atoms with Crippen LogP contribution >= 0.6 is 11.8 Å². The first kappa shape index (κ1) is 12.6. The molecule has 0 amide bonds. The van der Waals surface area contributed by atoms with Crippen LogP contribution < -0.4 is 5.73 Å². The first-order valence-electron chi connectivity index (χ1n) is 5.23. The minimum Gasteiger partial charge on any atom is -0.409 e. The lowest BCUT2D eigenvalue weighted by atomic mass is 9.87. The van der Waals surface area contributed by atoms with E-state index in [1.54, 1.807) is 0 Å². The maximum Gasteiger partial charge on any atom is 0.144 e. The van der Waals surface area contributed by atoms with Gasteiger partial charge >= 0.3 is 0 Å². The zero-order valence-corrected chi connectivity index (χ0v) is 10.2. The molecule has 1 fully saturated rings. The minimum atomic E-state index is -0.203. The van der Waals surface area contributed by atoms with Crippen molar-refractivity contribution < 1.29 is 9.94 Å². The topological polar surface area (TPSA) is 67.8 Å². The number of nitrogens with two attached hydrogens (primary N) is 1. The smallest absolute Gasteiger partial charge is 0.144 e. The maximum absolute atomic E-state index is 8.60. The summed E-state index contributed by atoms with van der Waals surface area (Å²) in [5, 5.41) is 12.4. The van der Waals surface area contributed by atoms with Gasteiger partial charge in [0.1, 0.15) is 5.84 Å². The molecule has 0 saturated carbocycles. The van der Waals surface area contributed by atoms with E-state index < -0.39 is 0 Å². The summed E-state index contributed by atoms with van der Waals surface area (Å²) in [5.74, 6) is 1.44. The summed E-state index contributed by atoms with van der Waals surface area (Å²) in [5.41, 5.74) is 5.40. The molecule has 0 bridgehead atoms. The maximum atomic E-state index is 8.60. The highest BCUT2D eigenvalue weighted by Crippen LogP contribution is 2.26. The predicted octanol–water partition coefficient (Wildman–Crippen LogP) is 1.67. The predicted molar refractivity (Wildman–Crippen MR) is 63.5 cm³/mol. The Kier molecular flexibility index (Phi) is 4.73. The average Bonchev–Trinajstić information content (AvgIpc) is 2.13. The third kappa shape index (κ3) is 3.91. The van der Waals surface area contributed by atoms with E-state index in [1.165, 1.54) is 0 Å². The number of ether oxygens (including phenoxy) is 1. The van der Waals surface area contributed by atoms with Crippen molar-refractivity contribution in [3.05, 3.63) is 0 Å². The third-order valence-electron chi connectivity index (χ3n) is 2.71. The summed E-state index contributed by atoms with van der Waals surface area (Å²) >= 11 is 1.96. The number of rotatable bonds is 6. The highest BCUT2D eigenvalue weighted by Gasteiger charge is 2.24. The zero-order valence-electron chi connectivity index (χ0n) is 9.40. The second-order valence-corrected chi connectivity index (χ2v) is 5.91. The molecule has 3 N–H and O–H groups in total. The number of nitrogens with zero attached hydrogens (tertiary/aromatic N) is 1. The quantitative estimate of drug-likeness (QED) is 0.240. The van der Waals surface area contributed by atoms with Gasteiger partial charge in [0.15, 0.2) is 0 Å². The summed E-state index contributed by atoms with van der Waals surface area (Å²) in [7, 11) is 0. The SMILES string of the molecule is CC(C)(CCCSC1COC1)C(N)=NO. The largest absolute Gasteiger partial charge is 0.409 e. The van der Waals surface area contributed by atoms with Crippen LogP contribution in [0.3, 0.4) is 0 Å². The van der Waals surface area contributed by atoms with E-state index >= 15 is 0 Å². The molecular formula is C10H20N2O2S. The van der Waals surface area contributed by atoms with Crippen LogP contribution in [0.15, 0.2) is 5.16 Å². The molecular weight excluding hydrogens is 212 g/mol. The summed E-state index contributed by atoms with van der Waals surface area (Å²) in [6.07, 6.45) is 2.04. The van der Waals surface area contributed by atoms with Crippen LogP contribution in [-0.4, -0.2) is 35.3 Å². The molecule has 1 aliphatic heterocycles. The number of hydrogen-bond acceptors (Lipinski definition) is 4. The van der Waals surface area contributed by atoms with Crippen LogP contribution in [0.1, 0.15) is 26.7 Å². The van der Waals surface area contributed by atoms with E-state index in [0.717, 1.165) is 31.8 Å². The van der Waals surface area contributed by atoms with E-state index in [9.17, 15) is 0 Å². The summed E-state index contributed by atoms with van der Waals surface area (Å²) in [6, 6.07) is 0. The molecule has 0 radical (unpaired) electrons. The van der Waals surface area contributed by atoms with Crippen LogP contribution in [0.25, 0.3) is 0 Å². The second-order valence-electron chi connectivity index (χ2n) is 4.50. The number of oxime groups is 1. The second kappa shape index (κ2) is 5.61. The van der Waals surface area contributed by atoms with E-state index in [1.807, 2.05) is 25.6 Å². The molecule has 4 nitrogen and oxygen atoms in total. The van der Waals surface area contributed by atoms with Gasteiger partial charge < -0.3 is 15.7 Å².